The van der Waals surface area contributed by atoms with E-state index < -0.39 is 23.3 Å². The maximum Gasteiger partial charge on any atom is 0.313 e. The average Bonchev–Trinajstić information content (AvgIpc) is 2.93. The molecule has 228 valence electrons. The van der Waals surface area contributed by atoms with E-state index in [-0.39, 0.29) is 34.8 Å². The molecule has 0 spiro atoms. The number of amides is 1. The Morgan fingerprint density at radius 2 is 1.50 bits per heavy atom. The Morgan fingerprint density at radius 3 is 2.07 bits per heavy atom. The Kier molecular flexibility index (Phi) is 9.25. The minimum atomic E-state index is -0.917. The van der Waals surface area contributed by atoms with Crippen molar-refractivity contribution in [3.63, 3.8) is 0 Å². The first kappa shape index (κ1) is 31.8. The van der Waals surface area contributed by atoms with Gasteiger partial charge in [-0.1, -0.05) is 98.2 Å². The summed E-state index contributed by atoms with van der Waals surface area (Å²) in [7, 11) is 1.87. The number of ether oxygens (including phenoxy) is 2. The van der Waals surface area contributed by atoms with Crippen LogP contribution in [0, 0.1) is 23.2 Å². The van der Waals surface area contributed by atoms with Crippen molar-refractivity contribution in [3.05, 3.63) is 58.7 Å². The number of likely N-dealkylation sites (N-methyl/N-ethyl adjacent to an activating group) is 1. The van der Waals surface area contributed by atoms with Crippen LogP contribution in [-0.2, 0) is 32.8 Å². The van der Waals surface area contributed by atoms with E-state index in [2.05, 4.69) is 19.9 Å². The summed E-state index contributed by atoms with van der Waals surface area (Å²) in [5.41, 5.74) is 2.62. The molecular weight excluding hydrogens is 526 g/mol. The first-order chi connectivity index (χ1) is 19.7. The van der Waals surface area contributed by atoms with Crippen LogP contribution in [0.3, 0.4) is 0 Å². The van der Waals surface area contributed by atoms with Crippen LogP contribution in [0.5, 0.6) is 11.5 Å². The van der Waals surface area contributed by atoms with E-state index in [0.29, 0.717) is 18.7 Å². The summed E-state index contributed by atoms with van der Waals surface area (Å²) in [5.74, 6) is -0.928. The second-order valence-corrected chi connectivity index (χ2v) is 14.0. The third kappa shape index (κ3) is 5.87. The first-order valence-corrected chi connectivity index (χ1v) is 15.6. The van der Waals surface area contributed by atoms with Gasteiger partial charge in [0.2, 0.25) is 5.91 Å². The molecule has 2 aromatic rings. The Labute approximate surface area is 252 Å². The number of carbonyl (C=O) groups excluding carboxylic acids is 3. The summed E-state index contributed by atoms with van der Waals surface area (Å²) in [6.45, 7) is 16.3. The molecule has 2 aliphatic carbocycles. The molecule has 0 aromatic heterocycles. The van der Waals surface area contributed by atoms with Crippen LogP contribution in [0.25, 0.3) is 0 Å². The van der Waals surface area contributed by atoms with Crippen molar-refractivity contribution in [3.8, 4) is 11.5 Å². The SMILES string of the molecule is CC(C)C(=O)Oc1c(C(C)C)cc2c(c1OC(=O)C(C)C)[C@@]1(C(=O)N(C)Cc3ccccc3)CCCC(C)(C)[C@@H]1CC2. The zero-order valence-corrected chi connectivity index (χ0v) is 27.0. The van der Waals surface area contributed by atoms with Crippen molar-refractivity contribution >= 4 is 17.8 Å². The van der Waals surface area contributed by atoms with E-state index in [1.807, 2.05) is 56.1 Å². The molecule has 0 unspecified atom stereocenters. The van der Waals surface area contributed by atoms with Gasteiger partial charge in [0.1, 0.15) is 0 Å². The fourth-order valence-corrected chi connectivity index (χ4v) is 7.18. The predicted octanol–water partition coefficient (Wildman–Crippen LogP) is 7.60. The number of carbonyl (C=O) groups is 3. The number of esters is 2. The minimum absolute atomic E-state index is 0.00897. The molecule has 0 saturated heterocycles. The van der Waals surface area contributed by atoms with E-state index in [0.717, 1.165) is 47.9 Å². The second-order valence-electron chi connectivity index (χ2n) is 14.0. The van der Waals surface area contributed by atoms with Crippen molar-refractivity contribution in [1.82, 2.24) is 4.90 Å². The van der Waals surface area contributed by atoms with Gasteiger partial charge in [-0.2, -0.15) is 0 Å². The van der Waals surface area contributed by atoms with Gasteiger partial charge in [0.05, 0.1) is 17.3 Å². The van der Waals surface area contributed by atoms with Gasteiger partial charge < -0.3 is 14.4 Å². The molecule has 2 aromatic carbocycles. The zero-order valence-electron chi connectivity index (χ0n) is 27.0. The molecule has 2 aliphatic rings. The number of hydrogen-bond acceptors (Lipinski definition) is 5. The molecule has 1 saturated carbocycles. The van der Waals surface area contributed by atoms with Crippen LogP contribution >= 0.6 is 0 Å². The second kappa shape index (κ2) is 12.2. The lowest BCUT2D eigenvalue weighted by Crippen LogP contribution is -2.58. The lowest BCUT2D eigenvalue weighted by atomic mass is 9.48. The monoisotopic (exact) mass is 575 g/mol. The van der Waals surface area contributed by atoms with Crippen molar-refractivity contribution < 1.29 is 23.9 Å². The van der Waals surface area contributed by atoms with Crippen molar-refractivity contribution in [2.75, 3.05) is 7.05 Å². The summed E-state index contributed by atoms with van der Waals surface area (Å²) >= 11 is 0. The van der Waals surface area contributed by atoms with Crippen molar-refractivity contribution in [1.29, 1.82) is 0 Å². The van der Waals surface area contributed by atoms with Crippen LogP contribution < -0.4 is 9.47 Å². The number of benzene rings is 2. The Bertz CT molecular complexity index is 1330. The molecule has 1 amide bonds. The van der Waals surface area contributed by atoms with E-state index in [9.17, 15) is 9.59 Å². The van der Waals surface area contributed by atoms with Crippen LogP contribution in [0.15, 0.2) is 36.4 Å². The van der Waals surface area contributed by atoms with Gasteiger partial charge in [-0.25, -0.2) is 0 Å². The third-order valence-corrected chi connectivity index (χ3v) is 9.39. The van der Waals surface area contributed by atoms with Crippen molar-refractivity contribution in [2.45, 2.75) is 105 Å². The number of hydrogen-bond donors (Lipinski definition) is 0. The minimum Gasteiger partial charge on any atom is -0.422 e. The van der Waals surface area contributed by atoms with E-state index in [1.54, 1.807) is 27.7 Å². The van der Waals surface area contributed by atoms with Gasteiger partial charge in [0.25, 0.3) is 0 Å². The van der Waals surface area contributed by atoms with Gasteiger partial charge in [0, 0.05) is 24.7 Å². The van der Waals surface area contributed by atoms with Crippen LogP contribution in [0.4, 0.5) is 0 Å². The van der Waals surface area contributed by atoms with Gasteiger partial charge in [-0.15, -0.1) is 0 Å². The molecule has 0 radical (unpaired) electrons. The van der Waals surface area contributed by atoms with Gasteiger partial charge >= 0.3 is 11.9 Å². The van der Waals surface area contributed by atoms with Crippen LogP contribution in [0.1, 0.15) is 109 Å². The summed E-state index contributed by atoms with van der Waals surface area (Å²) < 4.78 is 12.4. The Morgan fingerprint density at radius 1 is 0.905 bits per heavy atom. The fraction of sp³-hybridized carbons (Fsp3) is 0.583. The highest BCUT2D eigenvalue weighted by atomic mass is 16.6. The largest absolute Gasteiger partial charge is 0.422 e. The Hall–Kier alpha value is -3.15. The summed E-state index contributed by atoms with van der Waals surface area (Å²) in [4.78, 5) is 43.3. The molecule has 1 fully saturated rings. The topological polar surface area (TPSA) is 72.9 Å². The summed E-state index contributed by atoms with van der Waals surface area (Å²) in [6.07, 6.45) is 4.18. The molecule has 0 bridgehead atoms. The number of aryl methyl sites for hydroxylation is 1. The summed E-state index contributed by atoms with van der Waals surface area (Å²) in [6, 6.07) is 12.1. The number of rotatable bonds is 8. The summed E-state index contributed by atoms with van der Waals surface area (Å²) in [5, 5.41) is 0. The van der Waals surface area contributed by atoms with Crippen LogP contribution in [0.2, 0.25) is 0 Å². The molecule has 4 rings (SSSR count). The predicted molar refractivity (Wildman–Crippen MR) is 166 cm³/mol. The fourth-order valence-electron chi connectivity index (χ4n) is 7.18. The lowest BCUT2D eigenvalue weighted by molar-refractivity contribution is -0.146. The standard InChI is InChI=1S/C36H49NO5/c1-22(2)27-20-26-16-17-28-35(7,8)18-13-19-36(28,34(40)37(9)21-25-14-11-10-12-15-25)29(26)31(42-33(39)24(5)6)30(27)41-32(38)23(3)4/h10-12,14-15,20,22-24,28H,13,16-19,21H2,1-9H3/t28-,36+/m0/s1. The molecule has 0 N–H and O–H groups in total. The van der Waals surface area contributed by atoms with Crippen LogP contribution in [-0.4, -0.2) is 29.8 Å². The van der Waals surface area contributed by atoms with Crippen molar-refractivity contribution in [2.24, 2.45) is 23.2 Å². The first-order valence-electron chi connectivity index (χ1n) is 15.6. The molecule has 6 nitrogen and oxygen atoms in total. The van der Waals surface area contributed by atoms with Gasteiger partial charge in [0.15, 0.2) is 11.5 Å². The highest BCUT2D eigenvalue weighted by Crippen LogP contribution is 2.61. The number of nitrogens with zero attached hydrogens (tertiary/aromatic N) is 1. The molecule has 2 atom stereocenters. The van der Waals surface area contributed by atoms with E-state index in [4.69, 9.17) is 9.47 Å². The maximum atomic E-state index is 15.0. The van der Waals surface area contributed by atoms with E-state index in [1.165, 1.54) is 0 Å². The molecule has 0 aliphatic heterocycles. The Balaban J connectivity index is 2.03. The zero-order chi connectivity index (χ0) is 31.0. The molecule has 6 heteroatoms. The normalized spacial score (nSPS) is 21.1. The van der Waals surface area contributed by atoms with E-state index >= 15 is 4.79 Å². The van der Waals surface area contributed by atoms with Gasteiger partial charge in [-0.3, -0.25) is 14.4 Å². The molecule has 0 heterocycles. The average molecular weight is 576 g/mol. The molecule has 42 heavy (non-hydrogen) atoms. The molecular formula is C36H49NO5. The lowest BCUT2D eigenvalue weighted by Gasteiger charge is -2.55. The maximum absolute atomic E-state index is 15.0. The third-order valence-electron chi connectivity index (χ3n) is 9.39. The highest BCUT2D eigenvalue weighted by molar-refractivity contribution is 5.92. The number of fused-ring (bicyclic) bond motifs is 3. The quantitative estimate of drug-likeness (QED) is 0.239. The van der Waals surface area contributed by atoms with Gasteiger partial charge in [-0.05, 0) is 54.1 Å². The highest BCUT2D eigenvalue weighted by Gasteiger charge is 2.59. The smallest absolute Gasteiger partial charge is 0.313 e.